The quantitative estimate of drug-likeness (QED) is 0.621. The van der Waals surface area contributed by atoms with Crippen LogP contribution in [0.4, 0.5) is 14.5 Å². The molecular weight excluding hydrogens is 412 g/mol. The van der Waals surface area contributed by atoms with Crippen LogP contribution in [0.3, 0.4) is 0 Å². The molecule has 1 aromatic heterocycles. The van der Waals surface area contributed by atoms with Crippen molar-refractivity contribution in [3.63, 3.8) is 0 Å². The van der Waals surface area contributed by atoms with Crippen molar-refractivity contribution in [2.75, 3.05) is 5.32 Å². The van der Waals surface area contributed by atoms with E-state index in [9.17, 15) is 8.78 Å². The van der Waals surface area contributed by atoms with Crippen LogP contribution in [0.1, 0.15) is 29.3 Å². The molecule has 0 fully saturated rings. The molecule has 1 aliphatic rings. The minimum atomic E-state index is -0.581. The van der Waals surface area contributed by atoms with E-state index in [0.717, 1.165) is 29.1 Å². The molecule has 0 amide bonds. The standard InChI is InChI=1S/C14H11Br2F2NS/c15-9-4-7(17)5-10(18)14(9)19-11-2-1-3-12-8(11)6-13(16)20-12/h4-6,11,19H,1-3H2. The second-order valence-electron chi connectivity index (χ2n) is 4.76. The van der Waals surface area contributed by atoms with E-state index < -0.39 is 11.6 Å². The van der Waals surface area contributed by atoms with Gasteiger partial charge in [-0.2, -0.15) is 0 Å². The van der Waals surface area contributed by atoms with Crippen molar-refractivity contribution in [3.05, 3.63) is 48.5 Å². The van der Waals surface area contributed by atoms with Crippen molar-refractivity contribution in [2.24, 2.45) is 0 Å². The Morgan fingerprint density at radius 3 is 2.75 bits per heavy atom. The van der Waals surface area contributed by atoms with Gasteiger partial charge in [0.05, 0.1) is 15.5 Å². The van der Waals surface area contributed by atoms with Gasteiger partial charge in [0.25, 0.3) is 0 Å². The summed E-state index contributed by atoms with van der Waals surface area (Å²) in [4.78, 5) is 1.33. The molecule has 1 atom stereocenters. The number of nitrogens with one attached hydrogen (secondary N) is 1. The van der Waals surface area contributed by atoms with Gasteiger partial charge in [0.1, 0.15) is 11.6 Å². The summed E-state index contributed by atoms with van der Waals surface area (Å²) in [5, 5.41) is 3.21. The van der Waals surface area contributed by atoms with E-state index in [0.29, 0.717) is 10.2 Å². The monoisotopic (exact) mass is 421 g/mol. The van der Waals surface area contributed by atoms with Crippen LogP contribution < -0.4 is 5.32 Å². The minimum absolute atomic E-state index is 0.0672. The number of anilines is 1. The number of thiophene rings is 1. The lowest BCUT2D eigenvalue weighted by Gasteiger charge is -2.25. The highest BCUT2D eigenvalue weighted by Crippen LogP contribution is 2.41. The third-order valence-corrected chi connectivity index (χ3v) is 5.75. The Bertz CT molecular complexity index is 634. The van der Waals surface area contributed by atoms with Crippen LogP contribution in [0, 0.1) is 11.6 Å². The second-order valence-corrected chi connectivity index (χ2v) is 8.13. The molecule has 1 N–H and O–H groups in total. The predicted octanol–water partition coefficient (Wildman–Crippen LogP) is 6.04. The number of aryl methyl sites for hydroxylation is 1. The summed E-state index contributed by atoms with van der Waals surface area (Å²) in [6.07, 6.45) is 3.08. The average Bonchev–Trinajstić information content (AvgIpc) is 2.74. The Morgan fingerprint density at radius 2 is 2.00 bits per heavy atom. The Morgan fingerprint density at radius 1 is 1.20 bits per heavy atom. The molecule has 106 valence electrons. The normalized spacial score (nSPS) is 17.9. The number of hydrogen-bond donors (Lipinski definition) is 1. The Kier molecular flexibility index (Phi) is 4.15. The van der Waals surface area contributed by atoms with Crippen LogP contribution in [0.25, 0.3) is 0 Å². The fraction of sp³-hybridized carbons (Fsp3) is 0.286. The third kappa shape index (κ3) is 2.78. The Labute approximate surface area is 136 Å². The largest absolute Gasteiger partial charge is 0.375 e. The molecule has 6 heteroatoms. The number of rotatable bonds is 2. The zero-order valence-electron chi connectivity index (χ0n) is 10.4. The molecule has 0 radical (unpaired) electrons. The van der Waals surface area contributed by atoms with Crippen molar-refractivity contribution in [1.29, 1.82) is 0 Å². The van der Waals surface area contributed by atoms with Crippen molar-refractivity contribution < 1.29 is 8.78 Å². The zero-order valence-corrected chi connectivity index (χ0v) is 14.3. The van der Waals surface area contributed by atoms with E-state index in [2.05, 4.69) is 43.2 Å². The highest BCUT2D eigenvalue weighted by atomic mass is 79.9. The second kappa shape index (κ2) is 5.73. The molecule has 0 saturated carbocycles. The van der Waals surface area contributed by atoms with Crippen LogP contribution in [0.2, 0.25) is 0 Å². The van der Waals surface area contributed by atoms with Crippen LogP contribution in [-0.2, 0) is 6.42 Å². The van der Waals surface area contributed by atoms with Crippen LogP contribution in [0.5, 0.6) is 0 Å². The lowest BCUT2D eigenvalue weighted by molar-refractivity contribution is 0.572. The molecule has 0 bridgehead atoms. The van der Waals surface area contributed by atoms with Gasteiger partial charge >= 0.3 is 0 Å². The highest BCUT2D eigenvalue weighted by Gasteiger charge is 2.24. The molecule has 1 nitrogen and oxygen atoms in total. The molecule has 0 saturated heterocycles. The highest BCUT2D eigenvalue weighted by molar-refractivity contribution is 9.11. The number of hydrogen-bond acceptors (Lipinski definition) is 2. The molecule has 1 unspecified atom stereocenters. The summed E-state index contributed by atoms with van der Waals surface area (Å²) >= 11 is 8.45. The molecule has 1 aliphatic carbocycles. The van der Waals surface area contributed by atoms with E-state index in [1.165, 1.54) is 16.5 Å². The fourth-order valence-corrected chi connectivity index (χ4v) is 4.87. The first-order chi connectivity index (χ1) is 9.54. The number of halogens is 4. The summed E-state index contributed by atoms with van der Waals surface area (Å²) in [6.45, 7) is 0. The molecular formula is C14H11Br2F2NS. The Balaban J connectivity index is 1.93. The van der Waals surface area contributed by atoms with E-state index >= 15 is 0 Å². The fourth-order valence-electron chi connectivity index (χ4n) is 2.53. The summed E-state index contributed by atoms with van der Waals surface area (Å²) in [6, 6.07) is 4.34. The third-order valence-electron chi connectivity index (χ3n) is 3.41. The van der Waals surface area contributed by atoms with Gasteiger partial charge in [0, 0.05) is 15.4 Å². The molecule has 0 aliphatic heterocycles. The minimum Gasteiger partial charge on any atom is -0.375 e. The van der Waals surface area contributed by atoms with Crippen molar-refractivity contribution in [2.45, 2.75) is 25.3 Å². The number of benzene rings is 1. The molecule has 3 rings (SSSR count). The maximum Gasteiger partial charge on any atom is 0.150 e. The van der Waals surface area contributed by atoms with Crippen LogP contribution in [0.15, 0.2) is 26.5 Å². The zero-order chi connectivity index (χ0) is 14.3. The van der Waals surface area contributed by atoms with Gasteiger partial charge in [-0.05, 0) is 68.8 Å². The maximum atomic E-state index is 13.9. The van der Waals surface area contributed by atoms with Gasteiger partial charge in [-0.25, -0.2) is 8.78 Å². The van der Waals surface area contributed by atoms with Crippen LogP contribution >= 0.6 is 43.2 Å². The van der Waals surface area contributed by atoms with Crippen molar-refractivity contribution in [1.82, 2.24) is 0 Å². The van der Waals surface area contributed by atoms with Gasteiger partial charge < -0.3 is 5.32 Å². The van der Waals surface area contributed by atoms with E-state index in [-0.39, 0.29) is 6.04 Å². The Hall–Kier alpha value is -0.460. The molecule has 20 heavy (non-hydrogen) atoms. The molecule has 0 spiro atoms. The lowest BCUT2D eigenvalue weighted by atomic mass is 9.94. The smallest absolute Gasteiger partial charge is 0.150 e. The van der Waals surface area contributed by atoms with Gasteiger partial charge in [-0.15, -0.1) is 11.3 Å². The van der Waals surface area contributed by atoms with Crippen molar-refractivity contribution in [3.8, 4) is 0 Å². The number of fused-ring (bicyclic) bond motifs is 1. The van der Waals surface area contributed by atoms with E-state index in [1.54, 1.807) is 11.3 Å². The summed E-state index contributed by atoms with van der Waals surface area (Å²) in [5.74, 6) is -1.15. The van der Waals surface area contributed by atoms with Crippen molar-refractivity contribution >= 4 is 48.9 Å². The molecule has 1 heterocycles. The van der Waals surface area contributed by atoms with E-state index in [4.69, 9.17) is 0 Å². The first-order valence-corrected chi connectivity index (χ1v) is 8.64. The summed E-state index contributed by atoms with van der Waals surface area (Å²) in [7, 11) is 0. The molecule has 1 aromatic carbocycles. The van der Waals surface area contributed by atoms with Gasteiger partial charge in [-0.1, -0.05) is 0 Å². The van der Waals surface area contributed by atoms with Crippen LogP contribution in [-0.4, -0.2) is 0 Å². The first kappa shape index (κ1) is 14.5. The van der Waals surface area contributed by atoms with Gasteiger partial charge in [-0.3, -0.25) is 0 Å². The first-order valence-electron chi connectivity index (χ1n) is 6.24. The molecule has 2 aromatic rings. The summed E-state index contributed by atoms with van der Waals surface area (Å²) in [5.41, 5.74) is 1.54. The topological polar surface area (TPSA) is 12.0 Å². The maximum absolute atomic E-state index is 13.9. The predicted molar refractivity (Wildman–Crippen MR) is 85.4 cm³/mol. The van der Waals surface area contributed by atoms with Gasteiger partial charge in [0.15, 0.2) is 0 Å². The summed E-state index contributed by atoms with van der Waals surface area (Å²) < 4.78 is 28.5. The van der Waals surface area contributed by atoms with E-state index in [1.807, 2.05) is 0 Å². The lowest BCUT2D eigenvalue weighted by Crippen LogP contribution is -2.16. The SMILES string of the molecule is Fc1cc(F)c(NC2CCCc3sc(Br)cc32)c(Br)c1. The average molecular weight is 423 g/mol. The van der Waals surface area contributed by atoms with Gasteiger partial charge in [0.2, 0.25) is 0 Å².